The van der Waals surface area contributed by atoms with Crippen LogP contribution in [0.2, 0.25) is 0 Å². The van der Waals surface area contributed by atoms with Crippen molar-refractivity contribution >= 4 is 0 Å². The monoisotopic (exact) mass is 334 g/mol. The Kier molecular flexibility index (Phi) is 4.34. The first-order chi connectivity index (χ1) is 9.86. The van der Waals surface area contributed by atoms with Crippen molar-refractivity contribution in [3.05, 3.63) is 35.4 Å². The molecule has 22 heavy (non-hydrogen) atoms. The number of ether oxygens (including phenoxy) is 1. The molecule has 1 atom stereocenters. The van der Waals surface area contributed by atoms with Gasteiger partial charge < -0.3 is 4.74 Å². The number of halogens is 1. The molecule has 1 aromatic carbocycles. The number of aryl methyl sites for hydroxylation is 1. The normalized spacial score (nSPS) is 28.9. The Balaban J connectivity index is 0.000000309. The van der Waals surface area contributed by atoms with E-state index in [1.807, 2.05) is 0 Å². The van der Waals surface area contributed by atoms with Crippen molar-refractivity contribution in [1.29, 1.82) is 0 Å². The molecule has 1 spiro atoms. The average molecular weight is 335 g/mol. The summed E-state index contributed by atoms with van der Waals surface area (Å²) in [6.07, 6.45) is 2.26. The first-order valence-corrected chi connectivity index (χ1v) is 8.46. The number of quaternary nitrogens is 1. The van der Waals surface area contributed by atoms with Gasteiger partial charge in [-0.3, -0.25) is 4.48 Å². The van der Waals surface area contributed by atoms with Gasteiger partial charge in [-0.1, -0.05) is 18.2 Å². The summed E-state index contributed by atoms with van der Waals surface area (Å²) in [7, 11) is 0.410. The van der Waals surface area contributed by atoms with Gasteiger partial charge in [0, 0.05) is 12.0 Å². The molecule has 1 aliphatic carbocycles. The second-order valence-corrected chi connectivity index (χ2v) is 7.95. The summed E-state index contributed by atoms with van der Waals surface area (Å²) in [6.45, 7) is 5.49. The van der Waals surface area contributed by atoms with E-state index in [4.69, 9.17) is 23.4 Å². The van der Waals surface area contributed by atoms with Gasteiger partial charge in [-0.2, -0.15) is 0 Å². The van der Waals surface area contributed by atoms with Crippen molar-refractivity contribution < 1.29 is 38.1 Å². The number of rotatable bonds is 0. The Hall–Kier alpha value is -0.730. The van der Waals surface area contributed by atoms with Crippen LogP contribution in [0, 0.1) is 10.2 Å². The summed E-state index contributed by atoms with van der Waals surface area (Å²) in [4.78, 5) is 0. The van der Waals surface area contributed by atoms with Gasteiger partial charge in [0.25, 0.3) is 0 Å². The Morgan fingerprint density at radius 2 is 1.73 bits per heavy atom. The van der Waals surface area contributed by atoms with E-state index in [1.54, 1.807) is 0 Å². The Bertz CT molecular complexity index is 549. The molecule has 1 unspecified atom stereocenters. The van der Waals surface area contributed by atoms with Gasteiger partial charge in [0.15, 0.2) is 0 Å². The third-order valence-corrected chi connectivity index (χ3v) is 4.37. The molecule has 0 bridgehead atoms. The number of fused-ring (bicyclic) bond motifs is 2. The zero-order valence-electron chi connectivity index (χ0n) is 13.4. The molecule has 1 fully saturated rings. The van der Waals surface area contributed by atoms with Crippen LogP contribution in [0.15, 0.2) is 24.3 Å². The molecule has 6 nitrogen and oxygen atoms in total. The van der Waals surface area contributed by atoms with Crippen LogP contribution in [0.4, 0.5) is 0 Å². The van der Waals surface area contributed by atoms with E-state index < -0.39 is 10.2 Å². The maximum absolute atomic E-state index is 8.83. The van der Waals surface area contributed by atoms with Crippen LogP contribution in [-0.4, -0.2) is 44.7 Å². The van der Waals surface area contributed by atoms with Gasteiger partial charge >= 0.3 is 28.9 Å². The fourth-order valence-electron chi connectivity index (χ4n) is 3.99. The quantitative estimate of drug-likeness (QED) is 0.572. The zero-order chi connectivity index (χ0) is 16.8. The summed E-state index contributed by atoms with van der Waals surface area (Å²) in [5.74, 6) is 0. The molecule has 1 aromatic rings. The van der Waals surface area contributed by atoms with Gasteiger partial charge in [-0.05, 0) is 31.9 Å². The summed E-state index contributed by atoms with van der Waals surface area (Å²) in [6, 6.07) is 8.78. The van der Waals surface area contributed by atoms with E-state index in [0.717, 1.165) is 23.9 Å². The molecule has 0 amide bonds. The first kappa shape index (κ1) is 17.6. The van der Waals surface area contributed by atoms with E-state index in [9.17, 15) is 0 Å². The van der Waals surface area contributed by atoms with Gasteiger partial charge in [0.05, 0.1) is 14.1 Å². The summed E-state index contributed by atoms with van der Waals surface area (Å²) in [5, 5.41) is 0. The SMILES string of the molecule is CC1(C)C[N+](C)(C)C2(CCc3ccccc32)O1.[O-][Cl+](O)(O)O. The summed E-state index contributed by atoms with van der Waals surface area (Å²) < 4.78 is 37.7. The van der Waals surface area contributed by atoms with Gasteiger partial charge in [0.2, 0.25) is 5.72 Å². The molecule has 0 aromatic heterocycles. The number of likely N-dealkylation sites (N-methyl/N-ethyl adjacent to an activating group) is 1. The van der Waals surface area contributed by atoms with E-state index in [0.29, 0.717) is 0 Å². The number of benzene rings is 1. The average Bonchev–Trinajstić information content (AvgIpc) is 2.74. The molecule has 0 radical (unpaired) electrons. The van der Waals surface area contributed by atoms with Gasteiger partial charge in [0.1, 0.15) is 12.1 Å². The van der Waals surface area contributed by atoms with Crippen molar-refractivity contribution in [3.8, 4) is 0 Å². The molecule has 7 heteroatoms. The predicted octanol–water partition coefficient (Wildman–Crippen LogP) is -0.189. The second-order valence-electron chi connectivity index (χ2n) is 7.08. The number of hydrogen-bond acceptors (Lipinski definition) is 5. The third kappa shape index (κ3) is 3.44. The molecular weight excluding hydrogens is 310 g/mol. The molecule has 3 N–H and O–H groups in total. The topological polar surface area (TPSA) is 93.0 Å². The number of hydrogen-bond donors (Lipinski definition) is 3. The zero-order valence-corrected chi connectivity index (χ0v) is 14.2. The third-order valence-electron chi connectivity index (χ3n) is 4.37. The van der Waals surface area contributed by atoms with Crippen molar-refractivity contribution in [1.82, 2.24) is 0 Å². The predicted molar refractivity (Wildman–Crippen MR) is 75.2 cm³/mol. The molecule has 2 aliphatic rings. The fourth-order valence-corrected chi connectivity index (χ4v) is 3.99. The van der Waals surface area contributed by atoms with E-state index in [-0.39, 0.29) is 11.3 Å². The Morgan fingerprint density at radius 1 is 1.18 bits per heavy atom. The second kappa shape index (κ2) is 5.42. The minimum absolute atomic E-state index is 0.0268. The van der Waals surface area contributed by atoms with Crippen LogP contribution in [0.5, 0.6) is 0 Å². The molecular formula is C15H25ClNO5+. The van der Waals surface area contributed by atoms with Crippen molar-refractivity contribution in [3.63, 3.8) is 0 Å². The molecule has 1 saturated heterocycles. The van der Waals surface area contributed by atoms with Gasteiger partial charge in [-0.25, -0.2) is 0 Å². The standard InChI is InChI=1S/C15H22NO.ClH3O4/c1-14(2)11-16(3,4)15(17-14)10-9-12-7-5-6-8-13(12)15;2-1(3,4)5/h5-8H,9-11H2,1-4H3;2-4H/q+1;. The first-order valence-electron chi connectivity index (χ1n) is 7.14. The van der Waals surface area contributed by atoms with Crippen LogP contribution in [-0.2, 0) is 16.9 Å². The van der Waals surface area contributed by atoms with Crippen LogP contribution in [0.1, 0.15) is 31.4 Å². The maximum atomic E-state index is 8.83. The minimum atomic E-state index is -4.19. The van der Waals surface area contributed by atoms with Crippen LogP contribution >= 0.6 is 0 Å². The van der Waals surface area contributed by atoms with Crippen molar-refractivity contribution in [2.24, 2.45) is 0 Å². The van der Waals surface area contributed by atoms with Crippen LogP contribution in [0.3, 0.4) is 0 Å². The summed E-state index contributed by atoms with van der Waals surface area (Å²) >= 11 is 0. The number of nitrogens with zero attached hydrogens (tertiary/aromatic N) is 1. The molecule has 126 valence electrons. The van der Waals surface area contributed by atoms with Crippen molar-refractivity contribution in [2.45, 2.75) is 38.0 Å². The van der Waals surface area contributed by atoms with E-state index in [2.05, 4.69) is 52.2 Å². The summed E-state index contributed by atoms with van der Waals surface area (Å²) in [5.41, 5.74) is 2.74. The van der Waals surface area contributed by atoms with E-state index >= 15 is 0 Å². The Labute approximate surface area is 132 Å². The molecule has 0 saturated carbocycles. The molecule has 1 aliphatic heterocycles. The molecule has 1 heterocycles. The van der Waals surface area contributed by atoms with Crippen LogP contribution in [0.25, 0.3) is 0 Å². The van der Waals surface area contributed by atoms with Gasteiger partial charge in [-0.15, -0.1) is 0 Å². The van der Waals surface area contributed by atoms with Crippen LogP contribution < -0.4 is 4.66 Å². The van der Waals surface area contributed by atoms with E-state index in [1.165, 1.54) is 11.1 Å². The van der Waals surface area contributed by atoms with Crippen molar-refractivity contribution in [2.75, 3.05) is 20.6 Å². The fraction of sp³-hybridized carbons (Fsp3) is 0.600. The Morgan fingerprint density at radius 3 is 2.23 bits per heavy atom. The molecule has 3 rings (SSSR count).